The highest BCUT2D eigenvalue weighted by atomic mass is 35.5. The third-order valence-corrected chi connectivity index (χ3v) is 3.42. The molecule has 18 heavy (non-hydrogen) atoms. The van der Waals surface area contributed by atoms with Crippen LogP contribution in [0.25, 0.3) is 0 Å². The summed E-state index contributed by atoms with van der Waals surface area (Å²) >= 11 is 5.97. The van der Waals surface area contributed by atoms with Crippen LogP contribution in [0, 0.1) is 0 Å². The Morgan fingerprint density at radius 2 is 2.33 bits per heavy atom. The second kappa shape index (κ2) is 4.71. The summed E-state index contributed by atoms with van der Waals surface area (Å²) < 4.78 is 1.94. The lowest BCUT2D eigenvalue weighted by Gasteiger charge is -2.17. The molecule has 0 saturated heterocycles. The van der Waals surface area contributed by atoms with Crippen molar-refractivity contribution in [3.05, 3.63) is 46.5 Å². The first-order chi connectivity index (χ1) is 8.70. The minimum Gasteiger partial charge on any atom is -0.326 e. The highest BCUT2D eigenvalue weighted by molar-refractivity contribution is 6.30. The molecule has 2 heterocycles. The quantitative estimate of drug-likeness (QED) is 0.898. The molecule has 3 rings (SSSR count). The lowest BCUT2D eigenvalue weighted by molar-refractivity contribution is 0.421. The van der Waals surface area contributed by atoms with Gasteiger partial charge in [0.15, 0.2) is 5.82 Å². The van der Waals surface area contributed by atoms with Crippen molar-refractivity contribution in [2.45, 2.75) is 31.8 Å². The molecular weight excluding hydrogens is 248 g/mol. The molecule has 0 bridgehead atoms. The Morgan fingerprint density at radius 3 is 3.17 bits per heavy atom. The highest BCUT2D eigenvalue weighted by Crippen LogP contribution is 2.16. The van der Waals surface area contributed by atoms with Crippen LogP contribution in [0.5, 0.6) is 0 Å². The van der Waals surface area contributed by atoms with Crippen molar-refractivity contribution in [1.29, 1.82) is 0 Å². The van der Waals surface area contributed by atoms with Gasteiger partial charge in [0.05, 0.1) is 6.54 Å². The van der Waals surface area contributed by atoms with Gasteiger partial charge in [0.2, 0.25) is 0 Å². The molecule has 4 nitrogen and oxygen atoms in total. The molecule has 0 amide bonds. The number of rotatable bonds is 2. The van der Waals surface area contributed by atoms with E-state index in [1.165, 1.54) is 0 Å². The van der Waals surface area contributed by atoms with Crippen LogP contribution in [0.4, 0.5) is 0 Å². The number of fused-ring (bicyclic) bond motifs is 1. The van der Waals surface area contributed by atoms with Crippen LogP contribution in [-0.2, 0) is 19.4 Å². The lowest BCUT2D eigenvalue weighted by atomic mass is 10.1. The average Bonchev–Trinajstić information content (AvgIpc) is 2.70. The Labute approximate surface area is 111 Å². The van der Waals surface area contributed by atoms with Crippen molar-refractivity contribution in [2.75, 3.05) is 0 Å². The standard InChI is InChI=1S/C13H15ClN4/c14-10-3-1-2-9(6-10)7-12-16-13-5-4-11(15)8-18(13)17-12/h1-3,6,11H,4-5,7-8,15H2. The summed E-state index contributed by atoms with van der Waals surface area (Å²) in [7, 11) is 0. The van der Waals surface area contributed by atoms with Crippen LogP contribution >= 0.6 is 11.6 Å². The summed E-state index contributed by atoms with van der Waals surface area (Å²) in [5.41, 5.74) is 7.06. The molecule has 0 fully saturated rings. The molecule has 2 aromatic rings. The predicted molar refractivity (Wildman–Crippen MR) is 70.6 cm³/mol. The first kappa shape index (κ1) is 11.7. The van der Waals surface area contributed by atoms with Crippen LogP contribution in [0.3, 0.4) is 0 Å². The normalized spacial score (nSPS) is 18.7. The zero-order valence-corrected chi connectivity index (χ0v) is 10.8. The van der Waals surface area contributed by atoms with E-state index in [4.69, 9.17) is 17.3 Å². The van der Waals surface area contributed by atoms with Gasteiger partial charge in [-0.25, -0.2) is 9.67 Å². The van der Waals surface area contributed by atoms with Gasteiger partial charge >= 0.3 is 0 Å². The minimum atomic E-state index is 0.207. The molecule has 94 valence electrons. The molecule has 0 saturated carbocycles. The fourth-order valence-electron chi connectivity index (χ4n) is 2.29. The van der Waals surface area contributed by atoms with Crippen LogP contribution < -0.4 is 5.73 Å². The topological polar surface area (TPSA) is 56.7 Å². The van der Waals surface area contributed by atoms with E-state index in [0.29, 0.717) is 0 Å². The van der Waals surface area contributed by atoms with E-state index < -0.39 is 0 Å². The summed E-state index contributed by atoms with van der Waals surface area (Å²) in [4.78, 5) is 4.56. The third kappa shape index (κ3) is 2.40. The van der Waals surface area contributed by atoms with Crippen LogP contribution in [0.2, 0.25) is 5.02 Å². The van der Waals surface area contributed by atoms with Crippen molar-refractivity contribution in [1.82, 2.24) is 14.8 Å². The van der Waals surface area contributed by atoms with Gasteiger partial charge in [-0.1, -0.05) is 23.7 Å². The molecular formula is C13H15ClN4. The number of aromatic nitrogens is 3. The lowest BCUT2D eigenvalue weighted by Crippen LogP contribution is -2.32. The molecule has 1 aliphatic heterocycles. The monoisotopic (exact) mass is 262 g/mol. The van der Waals surface area contributed by atoms with Crippen molar-refractivity contribution >= 4 is 11.6 Å². The number of nitrogens with zero attached hydrogens (tertiary/aromatic N) is 3. The Kier molecular flexibility index (Phi) is 3.06. The summed E-state index contributed by atoms with van der Waals surface area (Å²) in [5, 5.41) is 5.26. The number of aryl methyl sites for hydroxylation is 1. The van der Waals surface area contributed by atoms with Crippen molar-refractivity contribution in [3.8, 4) is 0 Å². The molecule has 1 aliphatic rings. The molecule has 2 N–H and O–H groups in total. The molecule has 0 radical (unpaired) electrons. The van der Waals surface area contributed by atoms with Gasteiger partial charge in [-0.05, 0) is 24.1 Å². The first-order valence-electron chi connectivity index (χ1n) is 6.13. The van der Waals surface area contributed by atoms with Gasteiger partial charge in [-0.2, -0.15) is 5.10 Å². The zero-order chi connectivity index (χ0) is 12.5. The average molecular weight is 263 g/mol. The Morgan fingerprint density at radius 1 is 1.44 bits per heavy atom. The van der Waals surface area contributed by atoms with Crippen LogP contribution in [-0.4, -0.2) is 20.8 Å². The van der Waals surface area contributed by atoms with E-state index in [9.17, 15) is 0 Å². The minimum absolute atomic E-state index is 0.207. The smallest absolute Gasteiger partial charge is 0.155 e. The maximum absolute atomic E-state index is 5.97. The van der Waals surface area contributed by atoms with E-state index in [-0.39, 0.29) is 6.04 Å². The zero-order valence-electron chi connectivity index (χ0n) is 10.0. The van der Waals surface area contributed by atoms with Gasteiger partial charge in [0.1, 0.15) is 5.82 Å². The van der Waals surface area contributed by atoms with Gasteiger partial charge in [0, 0.05) is 23.9 Å². The fraction of sp³-hybridized carbons (Fsp3) is 0.385. The Balaban J connectivity index is 1.82. The van der Waals surface area contributed by atoms with E-state index >= 15 is 0 Å². The molecule has 0 aliphatic carbocycles. The predicted octanol–water partition coefficient (Wildman–Crippen LogP) is 1.80. The summed E-state index contributed by atoms with van der Waals surface area (Å²) in [6.45, 7) is 0.776. The second-order valence-corrected chi connectivity index (χ2v) is 5.17. The van der Waals surface area contributed by atoms with Gasteiger partial charge < -0.3 is 5.73 Å². The second-order valence-electron chi connectivity index (χ2n) is 4.73. The highest BCUT2D eigenvalue weighted by Gasteiger charge is 2.18. The van der Waals surface area contributed by atoms with E-state index in [1.54, 1.807) is 0 Å². The molecule has 1 aromatic carbocycles. The maximum atomic E-state index is 5.97. The summed E-state index contributed by atoms with van der Waals surface area (Å²) in [5.74, 6) is 1.90. The number of hydrogen-bond acceptors (Lipinski definition) is 3. The Hall–Kier alpha value is -1.39. The van der Waals surface area contributed by atoms with Gasteiger partial charge in [-0.15, -0.1) is 0 Å². The van der Waals surface area contributed by atoms with Crippen molar-refractivity contribution in [2.24, 2.45) is 5.73 Å². The largest absolute Gasteiger partial charge is 0.326 e. The number of benzene rings is 1. The Bertz CT molecular complexity index is 564. The first-order valence-corrected chi connectivity index (χ1v) is 6.51. The van der Waals surface area contributed by atoms with Crippen LogP contribution in [0.15, 0.2) is 24.3 Å². The molecule has 1 aromatic heterocycles. The summed E-state index contributed by atoms with van der Waals surface area (Å²) in [6.07, 6.45) is 2.63. The van der Waals surface area contributed by atoms with E-state index in [2.05, 4.69) is 10.1 Å². The summed E-state index contributed by atoms with van der Waals surface area (Å²) in [6, 6.07) is 8.02. The van der Waals surface area contributed by atoms with E-state index in [0.717, 1.165) is 48.0 Å². The van der Waals surface area contributed by atoms with Crippen molar-refractivity contribution in [3.63, 3.8) is 0 Å². The molecule has 0 spiro atoms. The SMILES string of the molecule is NC1CCc2nc(Cc3cccc(Cl)c3)nn2C1. The van der Waals surface area contributed by atoms with Crippen LogP contribution in [0.1, 0.15) is 23.6 Å². The van der Waals surface area contributed by atoms with E-state index in [1.807, 2.05) is 28.9 Å². The fourth-order valence-corrected chi connectivity index (χ4v) is 2.50. The van der Waals surface area contributed by atoms with Gasteiger partial charge in [-0.3, -0.25) is 0 Å². The molecule has 5 heteroatoms. The van der Waals surface area contributed by atoms with Gasteiger partial charge in [0.25, 0.3) is 0 Å². The third-order valence-electron chi connectivity index (χ3n) is 3.19. The maximum Gasteiger partial charge on any atom is 0.155 e. The number of hydrogen-bond donors (Lipinski definition) is 1. The number of nitrogens with two attached hydrogens (primary N) is 1. The molecule has 1 unspecified atom stereocenters. The number of halogens is 1. The van der Waals surface area contributed by atoms with Crippen molar-refractivity contribution < 1.29 is 0 Å². The molecule has 1 atom stereocenters.